The van der Waals surface area contributed by atoms with Crippen molar-refractivity contribution in [2.75, 3.05) is 0 Å². The highest BCUT2D eigenvalue weighted by Crippen LogP contribution is 2.42. The highest BCUT2D eigenvalue weighted by Gasteiger charge is 2.33. The molecule has 0 aliphatic carbocycles. The fraction of sp³-hybridized carbons (Fsp3) is 0.917. The van der Waals surface area contributed by atoms with Gasteiger partial charge in [-0.2, -0.15) is 0 Å². The smallest absolute Gasteiger partial charge is 0.0251 e. The lowest BCUT2D eigenvalue weighted by molar-refractivity contribution is 0.106. The Bertz CT molecular complexity index is 103. The molecule has 73 valence electrons. The van der Waals surface area contributed by atoms with E-state index in [0.29, 0.717) is 11.3 Å². The molecule has 1 radical (unpaired) electrons. The van der Waals surface area contributed by atoms with Crippen molar-refractivity contribution in [3.8, 4) is 0 Å². The Morgan fingerprint density at radius 2 is 1.67 bits per heavy atom. The molecule has 0 aliphatic rings. The van der Waals surface area contributed by atoms with Crippen molar-refractivity contribution in [1.82, 2.24) is 0 Å². The Balaban J connectivity index is 4.51. The summed E-state index contributed by atoms with van der Waals surface area (Å²) >= 11 is 0. The maximum Gasteiger partial charge on any atom is -0.0251 e. The van der Waals surface area contributed by atoms with Gasteiger partial charge in [0, 0.05) is 0 Å². The van der Waals surface area contributed by atoms with Crippen molar-refractivity contribution in [1.29, 1.82) is 0 Å². The third-order valence-corrected chi connectivity index (χ3v) is 3.50. The monoisotopic (exact) mass is 169 g/mol. The summed E-state index contributed by atoms with van der Waals surface area (Å²) in [5, 5.41) is 0. The van der Waals surface area contributed by atoms with E-state index < -0.39 is 0 Å². The lowest BCUT2D eigenvalue weighted by Crippen LogP contribution is -2.32. The van der Waals surface area contributed by atoms with E-state index >= 15 is 0 Å². The van der Waals surface area contributed by atoms with Crippen molar-refractivity contribution >= 4 is 0 Å². The molecule has 0 aromatic heterocycles. The van der Waals surface area contributed by atoms with Crippen molar-refractivity contribution in [3.05, 3.63) is 6.92 Å². The fourth-order valence-electron chi connectivity index (χ4n) is 2.50. The molecule has 0 rings (SSSR count). The average Bonchev–Trinajstić information content (AvgIpc) is 1.98. The standard InChI is InChI=1S/C12H25/c1-7-9-12(8-2,10(3)4)11(5)6/h10-11H,3,7-9H2,1-2,4-6H3. The first-order chi connectivity index (χ1) is 5.51. The van der Waals surface area contributed by atoms with Crippen LogP contribution in [0.1, 0.15) is 53.9 Å². The largest absolute Gasteiger partial charge is 0.0654 e. The Morgan fingerprint density at radius 3 is 1.75 bits per heavy atom. The van der Waals surface area contributed by atoms with Gasteiger partial charge in [-0.15, -0.1) is 0 Å². The lowest BCUT2D eigenvalue weighted by atomic mass is 9.65. The first-order valence-corrected chi connectivity index (χ1v) is 5.34. The second-order valence-corrected chi connectivity index (χ2v) is 4.39. The minimum absolute atomic E-state index is 0.481. The van der Waals surface area contributed by atoms with Crippen LogP contribution in [-0.2, 0) is 0 Å². The van der Waals surface area contributed by atoms with Crippen LogP contribution in [0.4, 0.5) is 0 Å². The molecule has 0 nitrogen and oxygen atoms in total. The van der Waals surface area contributed by atoms with E-state index in [1.807, 2.05) is 0 Å². The van der Waals surface area contributed by atoms with Gasteiger partial charge in [0.15, 0.2) is 0 Å². The maximum absolute atomic E-state index is 4.22. The summed E-state index contributed by atoms with van der Waals surface area (Å²) in [5.41, 5.74) is 0.481. The van der Waals surface area contributed by atoms with Crippen LogP contribution < -0.4 is 0 Å². The van der Waals surface area contributed by atoms with Crippen LogP contribution in [0.5, 0.6) is 0 Å². The third kappa shape index (κ3) is 2.24. The maximum atomic E-state index is 4.22. The molecule has 0 aromatic rings. The van der Waals surface area contributed by atoms with Crippen molar-refractivity contribution in [2.24, 2.45) is 17.3 Å². The van der Waals surface area contributed by atoms with Gasteiger partial charge in [-0.3, -0.25) is 0 Å². The first-order valence-electron chi connectivity index (χ1n) is 5.34. The van der Waals surface area contributed by atoms with Crippen LogP contribution in [0.25, 0.3) is 0 Å². The molecule has 0 amide bonds. The molecule has 2 unspecified atom stereocenters. The summed E-state index contributed by atoms with van der Waals surface area (Å²) in [6.07, 6.45) is 3.88. The van der Waals surface area contributed by atoms with Gasteiger partial charge in [0.25, 0.3) is 0 Å². The van der Waals surface area contributed by atoms with E-state index in [9.17, 15) is 0 Å². The van der Waals surface area contributed by atoms with Gasteiger partial charge in [0.05, 0.1) is 0 Å². The van der Waals surface area contributed by atoms with Gasteiger partial charge in [0.2, 0.25) is 0 Å². The zero-order valence-electron chi connectivity index (χ0n) is 9.48. The van der Waals surface area contributed by atoms with Crippen LogP contribution in [0.3, 0.4) is 0 Å². The summed E-state index contributed by atoms with van der Waals surface area (Å²) in [6.45, 7) is 15.7. The highest BCUT2D eigenvalue weighted by molar-refractivity contribution is 4.86. The Morgan fingerprint density at radius 1 is 1.17 bits per heavy atom. The number of hydrogen-bond donors (Lipinski definition) is 0. The highest BCUT2D eigenvalue weighted by atomic mass is 14.4. The number of rotatable bonds is 5. The summed E-state index contributed by atoms with van der Waals surface area (Å²) in [6, 6.07) is 0. The predicted molar refractivity (Wildman–Crippen MR) is 57.0 cm³/mol. The van der Waals surface area contributed by atoms with Crippen LogP contribution in [0.2, 0.25) is 0 Å². The molecule has 12 heavy (non-hydrogen) atoms. The topological polar surface area (TPSA) is 0 Å². The Kier molecular flexibility index (Phi) is 4.89. The second kappa shape index (κ2) is 4.89. The molecular weight excluding hydrogens is 144 g/mol. The van der Waals surface area contributed by atoms with Crippen LogP contribution in [0.15, 0.2) is 0 Å². The van der Waals surface area contributed by atoms with E-state index in [0.717, 1.165) is 5.92 Å². The van der Waals surface area contributed by atoms with Gasteiger partial charge in [-0.1, -0.05) is 41.0 Å². The van der Waals surface area contributed by atoms with Gasteiger partial charge < -0.3 is 0 Å². The summed E-state index contributed by atoms with van der Waals surface area (Å²) in [5.74, 6) is 1.33. The molecule has 0 spiro atoms. The van der Waals surface area contributed by atoms with E-state index in [1.54, 1.807) is 0 Å². The molecule has 2 atom stereocenters. The SMILES string of the molecule is [CH2]C(C)C(CC)(CCC)C(C)C. The summed E-state index contributed by atoms with van der Waals surface area (Å²) in [4.78, 5) is 0. The molecule has 0 aromatic carbocycles. The van der Waals surface area contributed by atoms with E-state index in [-0.39, 0.29) is 0 Å². The second-order valence-electron chi connectivity index (χ2n) is 4.39. The molecule has 0 heterocycles. The Labute approximate surface area is 78.8 Å². The van der Waals surface area contributed by atoms with Crippen LogP contribution >= 0.6 is 0 Å². The summed E-state index contributed by atoms with van der Waals surface area (Å²) in [7, 11) is 0. The quantitative estimate of drug-likeness (QED) is 0.575. The average molecular weight is 169 g/mol. The van der Waals surface area contributed by atoms with Crippen molar-refractivity contribution in [2.45, 2.75) is 53.9 Å². The van der Waals surface area contributed by atoms with E-state index in [1.165, 1.54) is 19.3 Å². The van der Waals surface area contributed by atoms with Gasteiger partial charge in [-0.25, -0.2) is 0 Å². The van der Waals surface area contributed by atoms with Gasteiger partial charge >= 0.3 is 0 Å². The minimum atomic E-state index is 0.481. The molecule has 0 bridgehead atoms. The molecule has 0 aliphatic heterocycles. The first kappa shape index (κ1) is 12.0. The van der Waals surface area contributed by atoms with Gasteiger partial charge in [-0.05, 0) is 37.0 Å². The van der Waals surface area contributed by atoms with Crippen molar-refractivity contribution < 1.29 is 0 Å². The Hall–Kier alpha value is 0. The molecule has 0 saturated heterocycles. The molecule has 0 fully saturated rings. The summed E-state index contributed by atoms with van der Waals surface area (Å²) < 4.78 is 0. The minimum Gasteiger partial charge on any atom is -0.0654 e. The zero-order chi connectivity index (χ0) is 9.78. The van der Waals surface area contributed by atoms with E-state index in [2.05, 4.69) is 41.5 Å². The molecule has 0 saturated carbocycles. The normalized spacial score (nSPS) is 13.0. The molecule has 0 N–H and O–H groups in total. The molecule has 0 heteroatoms. The zero-order valence-corrected chi connectivity index (χ0v) is 9.48. The fourth-order valence-corrected chi connectivity index (χ4v) is 2.50. The van der Waals surface area contributed by atoms with Crippen molar-refractivity contribution in [3.63, 3.8) is 0 Å². The molecular formula is C12H25. The van der Waals surface area contributed by atoms with Crippen LogP contribution in [0, 0.1) is 24.2 Å². The number of hydrogen-bond acceptors (Lipinski definition) is 0. The van der Waals surface area contributed by atoms with Crippen LogP contribution in [-0.4, -0.2) is 0 Å². The lowest BCUT2D eigenvalue weighted by Gasteiger charge is -2.41. The van der Waals surface area contributed by atoms with Gasteiger partial charge in [0.1, 0.15) is 0 Å². The third-order valence-electron chi connectivity index (χ3n) is 3.50. The van der Waals surface area contributed by atoms with E-state index in [4.69, 9.17) is 0 Å². The predicted octanol–water partition coefficient (Wildman–Crippen LogP) is 4.31.